The number of nitrogens with zero attached hydrogens (tertiary/aromatic N) is 4. The minimum atomic E-state index is -1.21. The van der Waals surface area contributed by atoms with Gasteiger partial charge in [-0.15, -0.1) is 0 Å². The average molecular weight is 1630 g/mol. The number of benzene rings is 4. The number of hydrogen-bond acceptors (Lipinski definition) is 18. The Morgan fingerprint density at radius 2 is 0.593 bits per heavy atom. The smallest absolute Gasteiger partial charge is 0.407 e. The Morgan fingerprint density at radius 3 is 0.805 bits per heavy atom. The van der Waals surface area contributed by atoms with E-state index in [9.17, 15) is 38.4 Å². The van der Waals surface area contributed by atoms with Crippen molar-refractivity contribution in [3.8, 4) is 67.3 Å². The molecule has 0 bridgehead atoms. The van der Waals surface area contributed by atoms with Gasteiger partial charge in [0.2, 0.25) is 11.8 Å². The molecule has 8 atom stereocenters. The third kappa shape index (κ3) is 23.1. The van der Waals surface area contributed by atoms with Crippen molar-refractivity contribution in [3.05, 3.63) is 145 Å². The van der Waals surface area contributed by atoms with Gasteiger partial charge in [-0.25, -0.2) is 39.1 Å². The van der Waals surface area contributed by atoms with Gasteiger partial charge in [0.1, 0.15) is 35.4 Å². The SMILES string of the molecule is COC(=O)NCC1(C(=O)N[C@H](c2ncc(-c3ccc(-c4ccc(-c5cnc([C@@H](NC(=O)C6(CNC(=O)OC)CCCCO6)C(C)(C)C)[nH]5)cc4)cc3)[nH]2)C(C)(C)C)CCCCO1.COC(=O)N[C@@H](C(=O)N[C@H](c1ncc(-c2ccc(-c3ccc(-c4cnc([C@@H](NC(=O)[C@H](NC(=O)OC)C(C)C)C(C)(C)C)[nH]4)cc3)cc2)[nH]1)C(C)(C)C)C(C)C. The molecule has 2 saturated heterocycles. The van der Waals surface area contributed by atoms with E-state index in [1.807, 2.05) is 184 Å². The molecule has 2 aliphatic heterocycles. The van der Waals surface area contributed by atoms with E-state index in [2.05, 4.69) is 96.7 Å². The van der Waals surface area contributed by atoms with Crippen LogP contribution in [0.1, 0.15) is 197 Å². The summed E-state index contributed by atoms with van der Waals surface area (Å²) < 4.78 is 31.0. The number of carbonyl (C=O) groups is 8. The third-order valence-electron chi connectivity index (χ3n) is 21.3. The number of aromatic amines is 4. The molecule has 0 spiro atoms. The number of methoxy groups -OCH3 is 4. The zero-order valence-electron chi connectivity index (χ0n) is 71.7. The van der Waals surface area contributed by atoms with E-state index < -0.39 is 93.5 Å². The Hall–Kier alpha value is -11.4. The Labute approximate surface area is 691 Å². The van der Waals surface area contributed by atoms with Gasteiger partial charge in [-0.2, -0.15) is 0 Å². The lowest BCUT2D eigenvalue weighted by Gasteiger charge is -2.39. The van der Waals surface area contributed by atoms with Crippen LogP contribution in [0, 0.1) is 33.5 Å². The summed E-state index contributed by atoms with van der Waals surface area (Å²) in [6, 6.07) is 29.2. The molecule has 636 valence electrons. The maximum Gasteiger partial charge on any atom is 0.407 e. The third-order valence-corrected chi connectivity index (χ3v) is 21.3. The molecule has 2 aliphatic rings. The lowest BCUT2D eigenvalue weighted by atomic mass is 9.84. The van der Waals surface area contributed by atoms with Crippen molar-refractivity contribution in [2.45, 2.75) is 197 Å². The van der Waals surface area contributed by atoms with Crippen molar-refractivity contribution >= 4 is 48.0 Å². The highest BCUT2D eigenvalue weighted by atomic mass is 16.6. The maximum atomic E-state index is 13.9. The molecular formula is C88H120N16O14. The molecule has 8 aromatic rings. The van der Waals surface area contributed by atoms with E-state index in [0.29, 0.717) is 49.4 Å². The molecule has 6 heterocycles. The second kappa shape index (κ2) is 38.8. The van der Waals surface area contributed by atoms with E-state index in [0.717, 1.165) is 93.0 Å². The lowest BCUT2D eigenvalue weighted by Crippen LogP contribution is -2.58. The standard InChI is InChI=1S/C46H62N8O8.C42H58N8O6/c1-43(2,3)35(53-39(55)45(21-9-11-23-61-45)27-49-41(57)59-7)37-47-25-33(51-37)31-17-13-29(14-18-31)30-15-19-32(20-16-30)34-26-48-38(52-34)36(44(4,5)6)54-40(56)46(22-10-12-24-62-46)28-50-42(58)60-8;1-23(2)31(47-39(53)55-11)37(51)49-33(41(5,6)7)35-43-21-29(45-35)27-17-13-25(14-18-27)26-15-19-28(20-16-26)30-22-44-36(46-30)34(42(8,9)10)50-38(52)32(24(3)4)48-40(54)56-12/h13-20,25-26,35-36H,9-12,21-24,27-28H2,1-8H3,(H,47,51)(H,48,52)(H,49,57)(H,50,58)(H,53,55)(H,54,56);13-24,31-34H,1-12H3,(H,43,45)(H,44,46)(H,47,53)(H,48,54)(H,49,51)(H,50,52)/t35-,36-,45?,46?;31-,32-,33-,34-/m11/s1. The van der Waals surface area contributed by atoms with Gasteiger partial charge in [0.15, 0.2) is 11.2 Å². The zero-order valence-corrected chi connectivity index (χ0v) is 71.7. The fourth-order valence-electron chi connectivity index (χ4n) is 14.2. The first-order valence-electron chi connectivity index (χ1n) is 40.2. The largest absolute Gasteiger partial charge is 0.453 e. The summed E-state index contributed by atoms with van der Waals surface area (Å²) in [7, 11) is 5.10. The number of hydrogen-bond donors (Lipinski definition) is 12. The molecule has 118 heavy (non-hydrogen) atoms. The van der Waals surface area contributed by atoms with Gasteiger partial charge in [-0.1, -0.05) is 208 Å². The van der Waals surface area contributed by atoms with Crippen molar-refractivity contribution in [2.75, 3.05) is 54.7 Å². The van der Waals surface area contributed by atoms with Crippen LogP contribution in [0.15, 0.2) is 122 Å². The van der Waals surface area contributed by atoms with Crippen LogP contribution in [0.5, 0.6) is 0 Å². The number of carbonyl (C=O) groups excluding carboxylic acids is 8. The van der Waals surface area contributed by atoms with Crippen molar-refractivity contribution in [1.82, 2.24) is 82.4 Å². The van der Waals surface area contributed by atoms with E-state index in [1.165, 1.54) is 28.4 Å². The molecule has 4 aromatic carbocycles. The van der Waals surface area contributed by atoms with Crippen LogP contribution in [0.3, 0.4) is 0 Å². The monoisotopic (exact) mass is 1620 g/mol. The van der Waals surface area contributed by atoms with Crippen molar-refractivity contribution in [3.63, 3.8) is 0 Å². The van der Waals surface area contributed by atoms with Crippen LogP contribution in [0.2, 0.25) is 0 Å². The summed E-state index contributed by atoms with van der Waals surface area (Å²) in [6.07, 6.45) is 8.70. The van der Waals surface area contributed by atoms with Crippen LogP contribution in [0.4, 0.5) is 19.2 Å². The first-order valence-corrected chi connectivity index (χ1v) is 40.2. The predicted octanol–water partition coefficient (Wildman–Crippen LogP) is 14.4. The zero-order chi connectivity index (χ0) is 86.2. The molecule has 30 nitrogen and oxygen atoms in total. The highest BCUT2D eigenvalue weighted by Crippen LogP contribution is 2.40. The van der Waals surface area contributed by atoms with Gasteiger partial charge in [0.05, 0.1) is 113 Å². The van der Waals surface area contributed by atoms with E-state index >= 15 is 0 Å². The average Bonchev–Trinajstić information content (AvgIpc) is 1.37. The molecule has 8 amide bonds. The van der Waals surface area contributed by atoms with Gasteiger partial charge in [0.25, 0.3) is 11.8 Å². The first kappa shape index (κ1) is 90.5. The topological polar surface area (TPSA) is 403 Å². The Balaban J connectivity index is 0.000000271. The van der Waals surface area contributed by atoms with Crippen molar-refractivity contribution in [2.24, 2.45) is 33.5 Å². The highest BCUT2D eigenvalue weighted by Gasteiger charge is 2.47. The molecule has 12 N–H and O–H groups in total. The summed E-state index contributed by atoms with van der Waals surface area (Å²) in [4.78, 5) is 135. The van der Waals surface area contributed by atoms with Crippen LogP contribution < -0.4 is 42.5 Å². The van der Waals surface area contributed by atoms with E-state index in [1.54, 1.807) is 24.8 Å². The maximum absolute atomic E-state index is 13.9. The summed E-state index contributed by atoms with van der Waals surface area (Å²) in [5, 5.41) is 23.1. The molecule has 30 heteroatoms. The molecule has 10 rings (SSSR count). The van der Waals surface area contributed by atoms with Gasteiger partial charge in [0, 0.05) is 13.2 Å². The number of rotatable bonds is 26. The second-order valence-electron chi connectivity index (χ2n) is 35.2. The van der Waals surface area contributed by atoms with E-state index in [4.69, 9.17) is 38.4 Å². The molecular weight excluding hydrogens is 1510 g/mol. The minimum absolute atomic E-state index is 0.00179. The number of imidazole rings is 4. The lowest BCUT2D eigenvalue weighted by molar-refractivity contribution is -0.154. The predicted molar refractivity (Wildman–Crippen MR) is 450 cm³/mol. The van der Waals surface area contributed by atoms with Crippen LogP contribution in [-0.4, -0.2) is 166 Å². The molecule has 4 aromatic heterocycles. The van der Waals surface area contributed by atoms with Crippen LogP contribution in [0.25, 0.3) is 67.3 Å². The first-order chi connectivity index (χ1) is 55.7. The summed E-state index contributed by atoms with van der Waals surface area (Å²) in [5.74, 6) is 0.852. The summed E-state index contributed by atoms with van der Waals surface area (Å²) >= 11 is 0. The molecule has 2 fully saturated rings. The number of nitrogens with one attached hydrogen (secondary N) is 12. The molecule has 2 unspecified atom stereocenters. The highest BCUT2D eigenvalue weighted by molar-refractivity contribution is 5.89. The fraction of sp³-hybridized carbons (Fsp3) is 0.500. The minimum Gasteiger partial charge on any atom is -0.453 e. The van der Waals surface area contributed by atoms with Gasteiger partial charge in [-0.05, 0) is 117 Å². The van der Waals surface area contributed by atoms with Gasteiger partial charge < -0.3 is 90.9 Å². The molecule has 0 radical (unpaired) electrons. The second-order valence-corrected chi connectivity index (χ2v) is 35.2. The van der Waals surface area contributed by atoms with Crippen LogP contribution >= 0.6 is 0 Å². The number of ether oxygens (including phenoxy) is 6. The Kier molecular flexibility index (Phi) is 29.7. The fourth-order valence-corrected chi connectivity index (χ4v) is 14.2. The Morgan fingerprint density at radius 1 is 0.356 bits per heavy atom. The van der Waals surface area contributed by atoms with Gasteiger partial charge >= 0.3 is 24.4 Å². The van der Waals surface area contributed by atoms with Crippen LogP contribution in [-0.2, 0) is 47.6 Å². The number of H-pyrrole nitrogens is 4. The molecule has 0 saturated carbocycles. The number of aromatic nitrogens is 8. The Bertz CT molecular complexity index is 4400. The summed E-state index contributed by atoms with van der Waals surface area (Å²) in [5.41, 5.74) is 7.03. The number of alkyl carbamates (subject to hydrolysis) is 4. The van der Waals surface area contributed by atoms with Gasteiger partial charge in [-0.3, -0.25) is 19.2 Å². The number of amides is 8. The normalized spacial score (nSPS) is 17.3. The summed E-state index contributed by atoms with van der Waals surface area (Å²) in [6.45, 7) is 32.6. The van der Waals surface area contributed by atoms with Crippen molar-refractivity contribution < 1.29 is 66.8 Å². The quantitative estimate of drug-likeness (QED) is 0.0224. The van der Waals surface area contributed by atoms with Crippen molar-refractivity contribution in [1.29, 1.82) is 0 Å². The molecule has 0 aliphatic carbocycles. The van der Waals surface area contributed by atoms with E-state index in [-0.39, 0.29) is 48.6 Å².